The fraction of sp³-hybridized carbons (Fsp3) is 0.263. The molecule has 0 aliphatic heterocycles. The Morgan fingerprint density at radius 3 is 2.17 bits per heavy atom. The van der Waals surface area contributed by atoms with Crippen LogP contribution in [0.1, 0.15) is 29.8 Å². The number of hydrogen-bond acceptors (Lipinski definition) is 3. The van der Waals surface area contributed by atoms with Crippen LogP contribution in [0.2, 0.25) is 0 Å². The van der Waals surface area contributed by atoms with Crippen molar-refractivity contribution in [1.29, 1.82) is 5.26 Å². The second-order valence-electron chi connectivity index (χ2n) is 5.21. The number of anilines is 2. The predicted molar refractivity (Wildman–Crippen MR) is 93.7 cm³/mol. The van der Waals surface area contributed by atoms with Crippen molar-refractivity contribution in [3.8, 4) is 6.07 Å². The molecular formula is C19H21N3O. The standard InChI is InChI=1S/C19H21N3O/c1-3-22(4-2)18-11-9-17(10-12-18)21-19(23)16-7-5-15(6-8-16)13-14-20/h5-12H,3-4,13H2,1-2H3,(H,21,23). The molecule has 23 heavy (non-hydrogen) atoms. The van der Waals surface area contributed by atoms with Crippen LogP contribution >= 0.6 is 0 Å². The van der Waals surface area contributed by atoms with E-state index in [-0.39, 0.29) is 5.91 Å². The van der Waals surface area contributed by atoms with Crippen molar-refractivity contribution in [3.05, 3.63) is 59.7 Å². The molecule has 0 saturated heterocycles. The first-order valence-electron chi connectivity index (χ1n) is 7.80. The summed E-state index contributed by atoms with van der Waals surface area (Å²) in [4.78, 5) is 14.5. The van der Waals surface area contributed by atoms with E-state index in [1.165, 1.54) is 0 Å². The Hall–Kier alpha value is -2.80. The van der Waals surface area contributed by atoms with Crippen LogP contribution in [0.15, 0.2) is 48.5 Å². The molecule has 0 unspecified atom stereocenters. The number of rotatable bonds is 6. The van der Waals surface area contributed by atoms with Crippen molar-refractivity contribution >= 4 is 17.3 Å². The van der Waals surface area contributed by atoms with E-state index >= 15 is 0 Å². The lowest BCUT2D eigenvalue weighted by Crippen LogP contribution is -2.21. The lowest BCUT2D eigenvalue weighted by Gasteiger charge is -2.21. The molecule has 0 saturated carbocycles. The Morgan fingerprint density at radius 2 is 1.65 bits per heavy atom. The van der Waals surface area contributed by atoms with Crippen LogP contribution in [-0.4, -0.2) is 19.0 Å². The van der Waals surface area contributed by atoms with E-state index in [1.807, 2.05) is 36.4 Å². The van der Waals surface area contributed by atoms with Gasteiger partial charge in [-0.2, -0.15) is 5.26 Å². The number of amides is 1. The minimum Gasteiger partial charge on any atom is -0.372 e. The smallest absolute Gasteiger partial charge is 0.255 e. The highest BCUT2D eigenvalue weighted by atomic mass is 16.1. The molecule has 0 spiro atoms. The Kier molecular flexibility index (Phi) is 5.76. The zero-order valence-corrected chi connectivity index (χ0v) is 13.5. The normalized spacial score (nSPS) is 9.96. The summed E-state index contributed by atoms with van der Waals surface area (Å²) in [6, 6.07) is 17.0. The van der Waals surface area contributed by atoms with E-state index < -0.39 is 0 Å². The third-order valence-electron chi connectivity index (χ3n) is 3.75. The van der Waals surface area contributed by atoms with E-state index in [0.717, 1.165) is 30.0 Å². The number of benzene rings is 2. The van der Waals surface area contributed by atoms with Gasteiger partial charge in [-0.25, -0.2) is 0 Å². The summed E-state index contributed by atoms with van der Waals surface area (Å²) in [7, 11) is 0. The second-order valence-corrected chi connectivity index (χ2v) is 5.21. The van der Waals surface area contributed by atoms with Gasteiger partial charge in [-0.3, -0.25) is 4.79 Å². The second kappa shape index (κ2) is 8.00. The molecule has 2 aromatic rings. The Morgan fingerprint density at radius 1 is 1.04 bits per heavy atom. The Bertz CT molecular complexity index is 680. The van der Waals surface area contributed by atoms with Gasteiger partial charge in [-0.05, 0) is 55.8 Å². The molecule has 118 valence electrons. The first-order chi connectivity index (χ1) is 11.2. The highest BCUT2D eigenvalue weighted by molar-refractivity contribution is 6.04. The summed E-state index contributed by atoms with van der Waals surface area (Å²) in [5.41, 5.74) is 3.41. The maximum atomic E-state index is 12.2. The molecule has 0 heterocycles. The molecule has 1 amide bonds. The van der Waals surface area contributed by atoms with Crippen LogP contribution in [0.4, 0.5) is 11.4 Å². The third kappa shape index (κ3) is 4.33. The number of carbonyl (C=O) groups is 1. The van der Waals surface area contributed by atoms with Crippen molar-refractivity contribution in [1.82, 2.24) is 0 Å². The van der Waals surface area contributed by atoms with Gasteiger partial charge in [-0.15, -0.1) is 0 Å². The van der Waals surface area contributed by atoms with Crippen molar-refractivity contribution < 1.29 is 4.79 Å². The average molecular weight is 307 g/mol. The monoisotopic (exact) mass is 307 g/mol. The number of hydrogen-bond donors (Lipinski definition) is 1. The summed E-state index contributed by atoms with van der Waals surface area (Å²) >= 11 is 0. The van der Waals surface area contributed by atoms with Crippen LogP contribution in [0.3, 0.4) is 0 Å². The first kappa shape index (κ1) is 16.6. The molecule has 4 nitrogen and oxygen atoms in total. The van der Waals surface area contributed by atoms with E-state index in [4.69, 9.17) is 5.26 Å². The number of carbonyl (C=O) groups excluding carboxylic acids is 1. The minimum absolute atomic E-state index is 0.149. The molecule has 0 aliphatic carbocycles. The van der Waals surface area contributed by atoms with Gasteiger partial charge in [-0.1, -0.05) is 12.1 Å². The van der Waals surface area contributed by atoms with E-state index in [9.17, 15) is 4.79 Å². The van der Waals surface area contributed by atoms with Crippen LogP contribution in [0.5, 0.6) is 0 Å². The molecule has 4 heteroatoms. The van der Waals surface area contributed by atoms with E-state index in [2.05, 4.69) is 30.1 Å². The molecule has 0 bridgehead atoms. The largest absolute Gasteiger partial charge is 0.372 e. The number of nitrogens with zero attached hydrogens (tertiary/aromatic N) is 2. The summed E-state index contributed by atoms with van der Waals surface area (Å²) < 4.78 is 0. The van der Waals surface area contributed by atoms with Crippen molar-refractivity contribution in [2.45, 2.75) is 20.3 Å². The lowest BCUT2D eigenvalue weighted by molar-refractivity contribution is 0.102. The van der Waals surface area contributed by atoms with Gasteiger partial charge in [0.15, 0.2) is 0 Å². The molecule has 0 radical (unpaired) electrons. The van der Waals surface area contributed by atoms with Crippen LogP contribution in [-0.2, 0) is 6.42 Å². The molecule has 0 aromatic heterocycles. The SMILES string of the molecule is CCN(CC)c1ccc(NC(=O)c2ccc(CC#N)cc2)cc1. The van der Waals surface area contributed by atoms with Gasteiger partial charge in [0.1, 0.15) is 0 Å². The van der Waals surface area contributed by atoms with Crippen LogP contribution in [0, 0.1) is 11.3 Å². The van der Waals surface area contributed by atoms with Crippen molar-refractivity contribution in [2.24, 2.45) is 0 Å². The quantitative estimate of drug-likeness (QED) is 0.882. The maximum Gasteiger partial charge on any atom is 0.255 e. The highest BCUT2D eigenvalue weighted by Gasteiger charge is 2.07. The van der Waals surface area contributed by atoms with Crippen LogP contribution < -0.4 is 10.2 Å². The van der Waals surface area contributed by atoms with Gasteiger partial charge < -0.3 is 10.2 Å². The van der Waals surface area contributed by atoms with Crippen LogP contribution in [0.25, 0.3) is 0 Å². The molecule has 2 rings (SSSR count). The zero-order valence-electron chi connectivity index (χ0n) is 13.5. The summed E-state index contributed by atoms with van der Waals surface area (Å²) in [6.07, 6.45) is 0.356. The molecule has 0 aliphatic rings. The fourth-order valence-electron chi connectivity index (χ4n) is 2.41. The molecule has 0 fully saturated rings. The molecule has 1 N–H and O–H groups in total. The first-order valence-corrected chi connectivity index (χ1v) is 7.80. The average Bonchev–Trinajstić information content (AvgIpc) is 2.58. The van der Waals surface area contributed by atoms with Gasteiger partial charge in [0.2, 0.25) is 0 Å². The van der Waals surface area contributed by atoms with Crippen molar-refractivity contribution in [2.75, 3.05) is 23.3 Å². The molecule has 2 aromatic carbocycles. The van der Waals surface area contributed by atoms with E-state index in [1.54, 1.807) is 12.1 Å². The topological polar surface area (TPSA) is 56.1 Å². The van der Waals surface area contributed by atoms with Gasteiger partial charge in [0.05, 0.1) is 12.5 Å². The third-order valence-corrected chi connectivity index (χ3v) is 3.75. The maximum absolute atomic E-state index is 12.2. The number of nitriles is 1. The lowest BCUT2D eigenvalue weighted by atomic mass is 10.1. The fourth-order valence-corrected chi connectivity index (χ4v) is 2.41. The summed E-state index contributed by atoms with van der Waals surface area (Å²) in [6.45, 7) is 6.15. The van der Waals surface area contributed by atoms with Gasteiger partial charge in [0, 0.05) is 30.0 Å². The van der Waals surface area contributed by atoms with Gasteiger partial charge >= 0.3 is 0 Å². The predicted octanol–water partition coefficient (Wildman–Crippen LogP) is 3.85. The highest BCUT2D eigenvalue weighted by Crippen LogP contribution is 2.18. The van der Waals surface area contributed by atoms with E-state index in [0.29, 0.717) is 12.0 Å². The van der Waals surface area contributed by atoms with Crippen molar-refractivity contribution in [3.63, 3.8) is 0 Å². The number of nitrogens with one attached hydrogen (secondary N) is 1. The van der Waals surface area contributed by atoms with Gasteiger partial charge in [0.25, 0.3) is 5.91 Å². The zero-order chi connectivity index (χ0) is 16.7. The molecule has 0 atom stereocenters. The Labute approximate surface area is 137 Å². The minimum atomic E-state index is -0.149. The summed E-state index contributed by atoms with van der Waals surface area (Å²) in [5.74, 6) is -0.149. The molecular weight excluding hydrogens is 286 g/mol. The summed E-state index contributed by atoms with van der Waals surface area (Å²) in [5, 5.41) is 11.5. The Balaban J connectivity index is 2.03.